The summed E-state index contributed by atoms with van der Waals surface area (Å²) in [4.78, 5) is 22.0. The van der Waals surface area contributed by atoms with Gasteiger partial charge in [0.05, 0.1) is 10.1 Å². The van der Waals surface area contributed by atoms with Crippen molar-refractivity contribution in [2.24, 2.45) is 0 Å². The maximum atomic E-state index is 11.0. The predicted molar refractivity (Wildman–Crippen MR) is 80.8 cm³/mol. The fourth-order valence-corrected chi connectivity index (χ4v) is 3.47. The van der Waals surface area contributed by atoms with E-state index >= 15 is 0 Å². The van der Waals surface area contributed by atoms with Crippen molar-refractivity contribution in [2.45, 2.75) is 25.7 Å². The van der Waals surface area contributed by atoms with Crippen LogP contribution in [0.1, 0.15) is 35.1 Å². The summed E-state index contributed by atoms with van der Waals surface area (Å²) in [5, 5.41) is 1.01. The third kappa shape index (κ3) is 2.04. The summed E-state index contributed by atoms with van der Waals surface area (Å²) in [6.45, 7) is 0. The smallest absolute Gasteiger partial charge is 0.147 e. The number of benzene rings is 1. The summed E-state index contributed by atoms with van der Waals surface area (Å²) in [5.41, 5.74) is 5.29. The van der Waals surface area contributed by atoms with Crippen LogP contribution in [0.4, 0.5) is 0 Å². The van der Waals surface area contributed by atoms with E-state index in [-0.39, 0.29) is 0 Å². The molecular weight excluding hydrogens is 295 g/mol. The van der Waals surface area contributed by atoms with Gasteiger partial charge in [0.15, 0.2) is 0 Å². The van der Waals surface area contributed by atoms with Crippen LogP contribution in [0, 0.1) is 0 Å². The Morgan fingerprint density at radius 3 is 1.60 bits per heavy atom. The summed E-state index contributed by atoms with van der Waals surface area (Å²) in [6, 6.07) is 4.03. The molecule has 3 rings (SSSR count). The molecule has 2 nitrogen and oxygen atoms in total. The average Bonchev–Trinajstić information content (AvgIpc) is 2.47. The highest BCUT2D eigenvalue weighted by molar-refractivity contribution is 6.52. The molecule has 0 aliphatic heterocycles. The number of hydrogen-bond acceptors (Lipinski definition) is 2. The average molecular weight is 307 g/mol. The van der Waals surface area contributed by atoms with E-state index in [0.717, 1.165) is 47.7 Å². The molecule has 0 spiro atoms. The van der Waals surface area contributed by atoms with Crippen molar-refractivity contribution >= 4 is 45.8 Å². The van der Waals surface area contributed by atoms with Crippen molar-refractivity contribution < 1.29 is 9.59 Å². The fourth-order valence-electron chi connectivity index (χ4n) is 2.84. The number of halogens is 2. The number of carbonyl (C=O) groups is 2. The van der Waals surface area contributed by atoms with Gasteiger partial charge in [0.2, 0.25) is 0 Å². The van der Waals surface area contributed by atoms with Gasteiger partial charge in [0.25, 0.3) is 0 Å². The lowest BCUT2D eigenvalue weighted by Gasteiger charge is -2.23. The first-order chi connectivity index (χ1) is 9.65. The topological polar surface area (TPSA) is 34.1 Å². The second kappa shape index (κ2) is 5.19. The Morgan fingerprint density at radius 1 is 0.750 bits per heavy atom. The highest BCUT2D eigenvalue weighted by atomic mass is 35.5. The van der Waals surface area contributed by atoms with Gasteiger partial charge in [0, 0.05) is 11.1 Å². The summed E-state index contributed by atoms with van der Waals surface area (Å²) in [6.07, 6.45) is 4.62. The summed E-state index contributed by atoms with van der Waals surface area (Å²) < 4.78 is 0. The molecular formula is C16H12Cl2O2. The SMILES string of the molecule is O=CC1=C(Cl)c2cc3c(cc2CC1)CCC(C=O)=C3Cl. The molecule has 0 radical (unpaired) electrons. The molecule has 20 heavy (non-hydrogen) atoms. The van der Waals surface area contributed by atoms with E-state index in [1.165, 1.54) is 0 Å². The minimum atomic E-state index is 0.506. The first kappa shape index (κ1) is 13.6. The van der Waals surface area contributed by atoms with E-state index in [1.807, 2.05) is 6.07 Å². The quantitative estimate of drug-likeness (QED) is 0.777. The van der Waals surface area contributed by atoms with E-state index in [0.29, 0.717) is 34.1 Å². The van der Waals surface area contributed by atoms with E-state index in [9.17, 15) is 9.59 Å². The lowest BCUT2D eigenvalue weighted by Crippen LogP contribution is -2.09. The molecule has 0 bridgehead atoms. The molecule has 0 atom stereocenters. The molecule has 102 valence electrons. The summed E-state index contributed by atoms with van der Waals surface area (Å²) in [5.74, 6) is 0. The molecule has 2 aliphatic rings. The monoisotopic (exact) mass is 306 g/mol. The van der Waals surface area contributed by atoms with Gasteiger partial charge in [-0.3, -0.25) is 9.59 Å². The number of aldehydes is 2. The molecule has 0 heterocycles. The van der Waals surface area contributed by atoms with Crippen LogP contribution in [0.15, 0.2) is 23.3 Å². The summed E-state index contributed by atoms with van der Waals surface area (Å²) in [7, 11) is 0. The number of allylic oxidation sites excluding steroid dienone is 2. The first-order valence-corrected chi connectivity index (χ1v) is 7.25. The van der Waals surface area contributed by atoms with Gasteiger partial charge in [-0.1, -0.05) is 29.3 Å². The lowest BCUT2D eigenvalue weighted by atomic mass is 9.84. The Labute approximate surface area is 127 Å². The number of fused-ring (bicyclic) bond motifs is 2. The molecule has 0 unspecified atom stereocenters. The number of hydrogen-bond donors (Lipinski definition) is 0. The molecule has 0 saturated heterocycles. The van der Waals surface area contributed by atoms with Gasteiger partial charge in [-0.15, -0.1) is 0 Å². The molecule has 0 saturated carbocycles. The Morgan fingerprint density at radius 2 is 1.20 bits per heavy atom. The maximum absolute atomic E-state index is 11.0. The van der Waals surface area contributed by atoms with E-state index < -0.39 is 0 Å². The molecule has 0 fully saturated rings. The number of rotatable bonds is 2. The van der Waals surface area contributed by atoms with Gasteiger partial charge in [-0.25, -0.2) is 0 Å². The molecule has 4 heteroatoms. The van der Waals surface area contributed by atoms with Gasteiger partial charge in [0.1, 0.15) is 12.6 Å². The van der Waals surface area contributed by atoms with Crippen LogP contribution < -0.4 is 0 Å². The van der Waals surface area contributed by atoms with Crippen molar-refractivity contribution in [2.75, 3.05) is 0 Å². The second-order valence-corrected chi connectivity index (χ2v) is 5.84. The fraction of sp³-hybridized carbons (Fsp3) is 0.250. The van der Waals surface area contributed by atoms with Gasteiger partial charge in [-0.05, 0) is 54.0 Å². The Kier molecular flexibility index (Phi) is 3.53. The van der Waals surface area contributed by atoms with Crippen molar-refractivity contribution in [3.63, 3.8) is 0 Å². The molecule has 0 aromatic heterocycles. The van der Waals surface area contributed by atoms with Gasteiger partial charge >= 0.3 is 0 Å². The standard InChI is InChI=1S/C16H12Cl2O2/c17-15-11(7-19)3-1-9-5-10-2-4-12(8-20)16(18)14(10)6-13(9)15/h5-8H,1-4H2. The van der Waals surface area contributed by atoms with Crippen LogP contribution in [-0.2, 0) is 22.4 Å². The third-order valence-corrected chi connectivity index (χ3v) is 4.87. The van der Waals surface area contributed by atoms with Crippen molar-refractivity contribution in [1.82, 2.24) is 0 Å². The molecule has 1 aromatic carbocycles. The zero-order chi connectivity index (χ0) is 14.3. The summed E-state index contributed by atoms with van der Waals surface area (Å²) >= 11 is 12.6. The normalized spacial score (nSPS) is 17.7. The van der Waals surface area contributed by atoms with Crippen LogP contribution in [0.5, 0.6) is 0 Å². The van der Waals surface area contributed by atoms with Crippen molar-refractivity contribution in [3.8, 4) is 0 Å². The van der Waals surface area contributed by atoms with Crippen LogP contribution in [0.25, 0.3) is 10.1 Å². The van der Waals surface area contributed by atoms with Gasteiger partial charge in [-0.2, -0.15) is 0 Å². The van der Waals surface area contributed by atoms with Crippen LogP contribution >= 0.6 is 23.2 Å². The Bertz CT molecular complexity index is 629. The highest BCUT2D eigenvalue weighted by Gasteiger charge is 2.23. The second-order valence-electron chi connectivity index (χ2n) is 5.08. The number of carbonyl (C=O) groups excluding carboxylic acids is 2. The van der Waals surface area contributed by atoms with Crippen LogP contribution in [0.3, 0.4) is 0 Å². The zero-order valence-corrected chi connectivity index (χ0v) is 12.2. The van der Waals surface area contributed by atoms with Crippen molar-refractivity contribution in [3.05, 3.63) is 45.5 Å². The van der Waals surface area contributed by atoms with Crippen LogP contribution in [0.2, 0.25) is 0 Å². The number of aryl methyl sites for hydroxylation is 2. The third-order valence-electron chi connectivity index (χ3n) is 3.98. The van der Waals surface area contributed by atoms with Crippen molar-refractivity contribution in [1.29, 1.82) is 0 Å². The van der Waals surface area contributed by atoms with E-state index in [2.05, 4.69) is 6.07 Å². The minimum Gasteiger partial charge on any atom is -0.298 e. The highest BCUT2D eigenvalue weighted by Crippen LogP contribution is 2.40. The Hall–Kier alpha value is -1.38. The minimum absolute atomic E-state index is 0.506. The lowest BCUT2D eigenvalue weighted by molar-refractivity contribution is -0.105. The first-order valence-electron chi connectivity index (χ1n) is 6.50. The zero-order valence-electron chi connectivity index (χ0n) is 10.7. The van der Waals surface area contributed by atoms with E-state index in [4.69, 9.17) is 23.2 Å². The predicted octanol–water partition coefficient (Wildman–Crippen LogP) is 3.88. The van der Waals surface area contributed by atoms with Crippen LogP contribution in [-0.4, -0.2) is 12.6 Å². The van der Waals surface area contributed by atoms with E-state index in [1.54, 1.807) is 0 Å². The molecule has 2 aliphatic carbocycles. The maximum Gasteiger partial charge on any atom is 0.147 e. The molecule has 1 aromatic rings. The largest absolute Gasteiger partial charge is 0.298 e. The molecule has 0 amide bonds. The Balaban J connectivity index is 2.21. The molecule has 0 N–H and O–H groups in total. The van der Waals surface area contributed by atoms with Gasteiger partial charge < -0.3 is 0 Å².